The first kappa shape index (κ1) is 17.4. The Balaban J connectivity index is 2.80. The summed E-state index contributed by atoms with van der Waals surface area (Å²) in [5.41, 5.74) is -1.49. The quantitative estimate of drug-likeness (QED) is 0.745. The molecular formula is C13H19N3O6S. The maximum Gasteiger partial charge on any atom is 0.358 e. The summed E-state index contributed by atoms with van der Waals surface area (Å²) in [6.45, 7) is 1.80. The molecule has 128 valence electrons. The fourth-order valence-corrected chi connectivity index (χ4v) is 3.18. The number of hydrogen-bond acceptors (Lipinski definition) is 7. The topological polar surface area (TPSA) is 128 Å². The fraction of sp³-hybridized carbons (Fsp3) is 0.615. The van der Waals surface area contributed by atoms with Crippen LogP contribution in [0, 0.1) is 0 Å². The lowest BCUT2D eigenvalue weighted by Crippen LogP contribution is -2.34. The second kappa shape index (κ2) is 6.28. The molecular weight excluding hydrogens is 326 g/mol. The molecule has 0 aliphatic carbocycles. The van der Waals surface area contributed by atoms with Crippen molar-refractivity contribution < 1.29 is 22.5 Å². The van der Waals surface area contributed by atoms with Crippen molar-refractivity contribution in [3.8, 4) is 5.75 Å². The molecule has 0 unspecified atom stereocenters. The molecule has 0 aromatic carbocycles. The number of hydrogen-bond donors (Lipinski definition) is 2. The first-order valence-electron chi connectivity index (χ1n) is 7.12. The van der Waals surface area contributed by atoms with Crippen LogP contribution >= 0.6 is 0 Å². The van der Waals surface area contributed by atoms with Gasteiger partial charge in [0.1, 0.15) is 5.82 Å². The molecule has 1 aromatic rings. The van der Waals surface area contributed by atoms with E-state index in [-0.39, 0.29) is 17.9 Å². The number of carbonyl (C=O) groups is 1. The van der Waals surface area contributed by atoms with Crippen LogP contribution in [-0.2, 0) is 10.1 Å². The van der Waals surface area contributed by atoms with Gasteiger partial charge in [-0.25, -0.2) is 9.78 Å². The first-order valence-corrected chi connectivity index (χ1v) is 8.93. The van der Waals surface area contributed by atoms with Crippen molar-refractivity contribution in [2.24, 2.45) is 0 Å². The van der Waals surface area contributed by atoms with Crippen LogP contribution in [0.5, 0.6) is 5.75 Å². The lowest BCUT2D eigenvalue weighted by atomic mass is 10.1. The minimum absolute atomic E-state index is 0.242. The van der Waals surface area contributed by atoms with Gasteiger partial charge in [0.2, 0.25) is 5.75 Å². The van der Waals surface area contributed by atoms with Gasteiger partial charge in [-0.2, -0.15) is 8.42 Å². The van der Waals surface area contributed by atoms with Crippen LogP contribution in [0.1, 0.15) is 54.6 Å². The zero-order valence-electron chi connectivity index (χ0n) is 13.1. The molecule has 2 rings (SSSR count). The molecule has 0 amide bonds. The van der Waals surface area contributed by atoms with E-state index in [2.05, 4.69) is 14.5 Å². The van der Waals surface area contributed by atoms with E-state index in [4.69, 9.17) is 0 Å². The monoisotopic (exact) mass is 345 g/mol. The molecule has 2 heterocycles. The van der Waals surface area contributed by atoms with Gasteiger partial charge in [0, 0.05) is 6.04 Å². The largest absolute Gasteiger partial charge is 0.476 e. The molecule has 2 atom stereocenters. The summed E-state index contributed by atoms with van der Waals surface area (Å²) in [7, 11) is -2.37. The van der Waals surface area contributed by atoms with Crippen LogP contribution in [0.15, 0.2) is 4.79 Å². The van der Waals surface area contributed by atoms with E-state index in [1.54, 1.807) is 14.0 Å². The summed E-state index contributed by atoms with van der Waals surface area (Å²) in [6, 6.07) is -0.536. The minimum atomic E-state index is -4.06. The third kappa shape index (κ3) is 3.53. The lowest BCUT2D eigenvalue weighted by molar-refractivity contribution is 0.0686. The van der Waals surface area contributed by atoms with Gasteiger partial charge >= 0.3 is 16.1 Å². The maximum absolute atomic E-state index is 12.7. The van der Waals surface area contributed by atoms with E-state index < -0.39 is 33.1 Å². The highest BCUT2D eigenvalue weighted by Gasteiger charge is 2.31. The van der Waals surface area contributed by atoms with Gasteiger partial charge in [-0.15, -0.1) is 0 Å². The molecule has 0 saturated heterocycles. The third-order valence-corrected chi connectivity index (χ3v) is 4.22. The van der Waals surface area contributed by atoms with Gasteiger partial charge in [-0.05, 0) is 33.2 Å². The van der Waals surface area contributed by atoms with Crippen LogP contribution in [0.4, 0.5) is 0 Å². The number of carboxylic acids is 1. The SMILES string of the molecule is CN[C@@H]1CCC[C@@H](C)n2c1nc(C(=O)O)c(OS(C)(=O)=O)c2=O. The fourth-order valence-electron chi connectivity index (χ4n) is 2.73. The molecule has 2 N–H and O–H groups in total. The van der Waals surface area contributed by atoms with Crippen LogP contribution < -0.4 is 15.1 Å². The van der Waals surface area contributed by atoms with Crippen LogP contribution in [0.3, 0.4) is 0 Å². The van der Waals surface area contributed by atoms with Gasteiger partial charge < -0.3 is 14.6 Å². The Bertz CT molecular complexity index is 786. The summed E-state index contributed by atoms with van der Waals surface area (Å²) in [4.78, 5) is 28.1. The predicted molar refractivity (Wildman–Crippen MR) is 81.3 cm³/mol. The number of rotatable bonds is 4. The second-order valence-electron chi connectivity index (χ2n) is 5.54. The summed E-state index contributed by atoms with van der Waals surface area (Å²) < 4.78 is 28.7. The van der Waals surface area contributed by atoms with E-state index in [0.717, 1.165) is 12.7 Å². The molecule has 0 fully saturated rings. The van der Waals surface area contributed by atoms with Crippen LogP contribution in [-0.4, -0.2) is 42.3 Å². The molecule has 23 heavy (non-hydrogen) atoms. The van der Waals surface area contributed by atoms with E-state index in [9.17, 15) is 23.1 Å². The van der Waals surface area contributed by atoms with E-state index in [1.807, 2.05) is 0 Å². The second-order valence-corrected chi connectivity index (χ2v) is 7.11. The van der Waals surface area contributed by atoms with Gasteiger partial charge in [0.25, 0.3) is 5.56 Å². The van der Waals surface area contributed by atoms with Crippen molar-refractivity contribution in [1.82, 2.24) is 14.9 Å². The number of nitrogens with one attached hydrogen (secondary N) is 1. The highest BCUT2D eigenvalue weighted by atomic mass is 32.2. The zero-order valence-corrected chi connectivity index (χ0v) is 13.9. The lowest BCUT2D eigenvalue weighted by Gasteiger charge is -2.21. The van der Waals surface area contributed by atoms with Crippen molar-refractivity contribution in [3.63, 3.8) is 0 Å². The number of nitrogens with zero attached hydrogens (tertiary/aromatic N) is 2. The van der Waals surface area contributed by atoms with Gasteiger partial charge in [-0.3, -0.25) is 9.36 Å². The summed E-state index contributed by atoms with van der Waals surface area (Å²) in [5.74, 6) is -2.01. The van der Waals surface area contributed by atoms with E-state index in [0.29, 0.717) is 12.8 Å². The smallest absolute Gasteiger partial charge is 0.358 e. The Kier molecular flexibility index (Phi) is 4.76. The maximum atomic E-state index is 12.7. The third-order valence-electron chi connectivity index (χ3n) is 3.75. The van der Waals surface area contributed by atoms with Gasteiger partial charge in [0.05, 0.1) is 12.3 Å². The van der Waals surface area contributed by atoms with E-state index >= 15 is 0 Å². The van der Waals surface area contributed by atoms with Crippen LogP contribution in [0.25, 0.3) is 0 Å². The molecule has 0 spiro atoms. The normalized spacial score (nSPS) is 21.3. The van der Waals surface area contributed by atoms with Gasteiger partial charge in [-0.1, -0.05) is 0 Å². The summed E-state index contributed by atoms with van der Waals surface area (Å²) in [6.07, 6.45) is 2.95. The molecule has 1 aliphatic rings. The van der Waals surface area contributed by atoms with Crippen molar-refractivity contribution in [3.05, 3.63) is 21.9 Å². The Morgan fingerprint density at radius 1 is 1.43 bits per heavy atom. The molecule has 0 bridgehead atoms. The number of carboxylic acid groups (broad SMARTS) is 1. The average molecular weight is 345 g/mol. The molecule has 1 aromatic heterocycles. The summed E-state index contributed by atoms with van der Waals surface area (Å²) >= 11 is 0. The molecule has 10 heteroatoms. The molecule has 9 nitrogen and oxygen atoms in total. The average Bonchev–Trinajstić information content (AvgIpc) is 2.59. The van der Waals surface area contributed by atoms with Crippen molar-refractivity contribution in [2.45, 2.75) is 38.3 Å². The Labute approximate surface area is 133 Å². The van der Waals surface area contributed by atoms with E-state index in [1.165, 1.54) is 4.57 Å². The Morgan fingerprint density at radius 2 is 2.09 bits per heavy atom. The van der Waals surface area contributed by atoms with Crippen molar-refractivity contribution in [1.29, 1.82) is 0 Å². The number of fused-ring (bicyclic) bond motifs is 1. The highest BCUT2D eigenvalue weighted by molar-refractivity contribution is 7.86. The van der Waals surface area contributed by atoms with Crippen molar-refractivity contribution in [2.75, 3.05) is 13.3 Å². The zero-order chi connectivity index (χ0) is 17.4. The van der Waals surface area contributed by atoms with Crippen molar-refractivity contribution >= 4 is 16.1 Å². The predicted octanol–water partition coefficient (Wildman–Crippen LogP) is 0.285. The molecule has 1 aliphatic heterocycles. The highest BCUT2D eigenvalue weighted by Crippen LogP contribution is 2.29. The number of aromatic nitrogens is 2. The summed E-state index contributed by atoms with van der Waals surface area (Å²) in [5, 5.41) is 12.3. The minimum Gasteiger partial charge on any atom is -0.476 e. The number of aromatic carboxylic acids is 1. The van der Waals surface area contributed by atoms with Crippen LogP contribution in [0.2, 0.25) is 0 Å². The molecule has 0 radical (unpaired) electrons. The van der Waals surface area contributed by atoms with Gasteiger partial charge in [0.15, 0.2) is 5.69 Å². The Hall–Kier alpha value is -1.94. The standard InChI is InChI=1S/C13H19N3O6S/c1-7-5-4-6-8(14-2)11-15-9(13(18)19)10(12(17)16(7)11)22-23(3,20)21/h7-8,14H,4-6H2,1-3H3,(H,18,19)/t7-,8-/m1/s1. The molecule has 0 saturated carbocycles. The Morgan fingerprint density at radius 3 is 2.61 bits per heavy atom. The first-order chi connectivity index (χ1) is 10.7.